The summed E-state index contributed by atoms with van der Waals surface area (Å²) >= 11 is 3.37. The number of nitrogen functional groups attached to an aromatic ring is 1. The molecule has 0 spiro atoms. The molecular weight excluding hydrogens is 214 g/mol. The molecule has 2 aromatic heterocycles. The van der Waals surface area contributed by atoms with Crippen LogP contribution in [0.4, 0.5) is 5.69 Å². The molecule has 0 aliphatic heterocycles. The monoisotopic (exact) mass is 225 g/mol. The molecule has 5 heteroatoms. The van der Waals surface area contributed by atoms with E-state index in [1.165, 1.54) is 4.21 Å². The van der Waals surface area contributed by atoms with Crippen LogP contribution in [-0.2, 0) is 7.05 Å². The van der Waals surface area contributed by atoms with E-state index in [1.54, 1.807) is 23.1 Å². The zero-order chi connectivity index (χ0) is 10.1. The Labute approximate surface area is 90.9 Å². The van der Waals surface area contributed by atoms with Crippen LogP contribution in [0, 0.1) is 6.92 Å². The minimum absolute atomic E-state index is 0.783. The van der Waals surface area contributed by atoms with Crippen molar-refractivity contribution in [3.8, 4) is 0 Å². The minimum Gasteiger partial charge on any atom is -0.395 e. The highest BCUT2D eigenvalue weighted by molar-refractivity contribution is 8.01. The zero-order valence-electron chi connectivity index (χ0n) is 8.02. The number of hydrogen-bond acceptors (Lipinski definition) is 4. The first-order chi connectivity index (χ1) is 6.68. The third kappa shape index (κ3) is 1.65. The highest BCUT2D eigenvalue weighted by atomic mass is 32.2. The third-order valence-corrected chi connectivity index (χ3v) is 4.12. The number of thiophene rings is 1. The van der Waals surface area contributed by atoms with Gasteiger partial charge in [0.2, 0.25) is 0 Å². The lowest BCUT2D eigenvalue weighted by Gasteiger charge is -1.99. The summed E-state index contributed by atoms with van der Waals surface area (Å²) in [6, 6.07) is 4.11. The van der Waals surface area contributed by atoms with Gasteiger partial charge in [0.25, 0.3) is 0 Å². The summed E-state index contributed by atoms with van der Waals surface area (Å²) in [5, 5.41) is 7.34. The first kappa shape index (κ1) is 9.61. The van der Waals surface area contributed by atoms with Gasteiger partial charge in [-0.05, 0) is 18.4 Å². The summed E-state index contributed by atoms with van der Waals surface area (Å²) < 4.78 is 3.06. The van der Waals surface area contributed by atoms with E-state index < -0.39 is 0 Å². The Kier molecular flexibility index (Phi) is 2.52. The lowest BCUT2D eigenvalue weighted by molar-refractivity contribution is 0.693. The lowest BCUT2D eigenvalue weighted by Crippen LogP contribution is -1.93. The van der Waals surface area contributed by atoms with Crippen LogP contribution in [0.2, 0.25) is 0 Å². The van der Waals surface area contributed by atoms with Crippen LogP contribution in [-0.4, -0.2) is 9.78 Å². The molecule has 74 valence electrons. The first-order valence-corrected chi connectivity index (χ1v) is 5.88. The van der Waals surface area contributed by atoms with Crippen molar-refractivity contribution in [1.82, 2.24) is 9.78 Å². The Morgan fingerprint density at radius 3 is 2.86 bits per heavy atom. The number of aryl methyl sites for hydroxylation is 2. The fraction of sp³-hybridized carbons (Fsp3) is 0.222. The van der Waals surface area contributed by atoms with E-state index in [-0.39, 0.29) is 0 Å². The van der Waals surface area contributed by atoms with Crippen LogP contribution >= 0.6 is 23.1 Å². The van der Waals surface area contributed by atoms with Gasteiger partial charge >= 0.3 is 0 Å². The Morgan fingerprint density at radius 2 is 2.36 bits per heavy atom. The van der Waals surface area contributed by atoms with Gasteiger partial charge in [0, 0.05) is 7.05 Å². The molecule has 14 heavy (non-hydrogen) atoms. The van der Waals surface area contributed by atoms with E-state index in [0.29, 0.717) is 0 Å². The van der Waals surface area contributed by atoms with Crippen LogP contribution in [0.5, 0.6) is 0 Å². The van der Waals surface area contributed by atoms with Crippen molar-refractivity contribution < 1.29 is 0 Å². The van der Waals surface area contributed by atoms with Crippen LogP contribution in [0.3, 0.4) is 0 Å². The average molecular weight is 225 g/mol. The molecule has 2 N–H and O–H groups in total. The first-order valence-electron chi connectivity index (χ1n) is 4.19. The Bertz CT molecular complexity index is 431. The van der Waals surface area contributed by atoms with Gasteiger partial charge in [0.05, 0.1) is 15.6 Å². The molecule has 0 amide bonds. The third-order valence-electron chi connectivity index (χ3n) is 1.91. The highest BCUT2D eigenvalue weighted by Gasteiger charge is 2.11. The summed E-state index contributed by atoms with van der Waals surface area (Å²) in [7, 11) is 1.92. The van der Waals surface area contributed by atoms with Gasteiger partial charge < -0.3 is 5.73 Å². The molecule has 0 bridgehead atoms. The van der Waals surface area contributed by atoms with Gasteiger partial charge in [-0.2, -0.15) is 5.10 Å². The van der Waals surface area contributed by atoms with Crippen molar-refractivity contribution in [2.45, 2.75) is 16.2 Å². The fourth-order valence-electron chi connectivity index (χ4n) is 1.19. The smallest absolute Gasteiger partial charge is 0.122 e. The maximum Gasteiger partial charge on any atom is 0.122 e. The molecule has 0 radical (unpaired) electrons. The lowest BCUT2D eigenvalue weighted by atomic mass is 10.4. The van der Waals surface area contributed by atoms with Crippen molar-refractivity contribution in [3.05, 3.63) is 23.2 Å². The molecule has 0 saturated heterocycles. The van der Waals surface area contributed by atoms with Crippen molar-refractivity contribution in [1.29, 1.82) is 0 Å². The summed E-state index contributed by atoms with van der Waals surface area (Å²) in [6.45, 7) is 1.92. The number of aromatic nitrogens is 2. The van der Waals surface area contributed by atoms with E-state index in [2.05, 4.69) is 16.5 Å². The number of nitrogens with two attached hydrogens (primary N) is 1. The maximum absolute atomic E-state index is 5.92. The van der Waals surface area contributed by atoms with Crippen molar-refractivity contribution >= 4 is 28.8 Å². The zero-order valence-corrected chi connectivity index (χ0v) is 9.65. The molecule has 0 aliphatic rings. The Morgan fingerprint density at radius 1 is 1.57 bits per heavy atom. The molecule has 2 rings (SSSR count). The summed E-state index contributed by atoms with van der Waals surface area (Å²) in [5.74, 6) is 0. The van der Waals surface area contributed by atoms with Crippen molar-refractivity contribution in [2.75, 3.05) is 5.73 Å². The molecule has 2 heterocycles. The molecule has 0 aliphatic carbocycles. The summed E-state index contributed by atoms with van der Waals surface area (Å²) in [4.78, 5) is 0. The van der Waals surface area contributed by atoms with E-state index in [0.717, 1.165) is 16.4 Å². The Hall–Kier alpha value is -0.940. The summed E-state index contributed by atoms with van der Waals surface area (Å²) in [5.41, 5.74) is 7.60. The summed E-state index contributed by atoms with van der Waals surface area (Å²) in [6.07, 6.45) is 0. The van der Waals surface area contributed by atoms with Crippen molar-refractivity contribution in [3.63, 3.8) is 0 Å². The topological polar surface area (TPSA) is 43.8 Å². The molecule has 0 saturated carbocycles. The highest BCUT2D eigenvalue weighted by Crippen LogP contribution is 2.35. The van der Waals surface area contributed by atoms with Gasteiger partial charge in [-0.15, -0.1) is 11.3 Å². The standard InChI is InChI=1S/C9H11N3S2/c1-6-8(10)9(12(2)11-6)14-7-4-3-5-13-7/h3-5H,10H2,1-2H3. The van der Waals surface area contributed by atoms with E-state index in [4.69, 9.17) is 5.73 Å². The van der Waals surface area contributed by atoms with Gasteiger partial charge in [0.15, 0.2) is 0 Å². The van der Waals surface area contributed by atoms with Crippen LogP contribution in [0.15, 0.2) is 26.7 Å². The molecule has 0 atom stereocenters. The fourth-order valence-corrected chi connectivity index (χ4v) is 3.00. The van der Waals surface area contributed by atoms with Crippen molar-refractivity contribution in [2.24, 2.45) is 7.05 Å². The predicted octanol–water partition coefficient (Wildman–Crippen LogP) is 2.52. The quantitative estimate of drug-likeness (QED) is 0.854. The largest absolute Gasteiger partial charge is 0.395 e. The van der Waals surface area contributed by atoms with Crippen LogP contribution < -0.4 is 5.73 Å². The van der Waals surface area contributed by atoms with Gasteiger partial charge in [-0.3, -0.25) is 4.68 Å². The molecule has 0 fully saturated rings. The second kappa shape index (κ2) is 3.67. The van der Waals surface area contributed by atoms with Gasteiger partial charge in [-0.1, -0.05) is 17.8 Å². The predicted molar refractivity (Wildman–Crippen MR) is 60.8 cm³/mol. The molecule has 0 unspecified atom stereocenters. The average Bonchev–Trinajstić information content (AvgIpc) is 2.71. The van der Waals surface area contributed by atoms with E-state index in [9.17, 15) is 0 Å². The maximum atomic E-state index is 5.92. The minimum atomic E-state index is 0.783. The SMILES string of the molecule is Cc1nn(C)c(Sc2cccs2)c1N. The Balaban J connectivity index is 2.33. The number of anilines is 1. The second-order valence-electron chi connectivity index (χ2n) is 2.96. The van der Waals surface area contributed by atoms with Crippen LogP contribution in [0.1, 0.15) is 5.69 Å². The molecular formula is C9H11N3S2. The van der Waals surface area contributed by atoms with E-state index in [1.807, 2.05) is 24.7 Å². The number of nitrogens with zero attached hydrogens (tertiary/aromatic N) is 2. The normalized spacial score (nSPS) is 10.7. The molecule has 0 aromatic carbocycles. The van der Waals surface area contributed by atoms with Gasteiger partial charge in [-0.25, -0.2) is 0 Å². The number of rotatable bonds is 2. The molecule has 3 nitrogen and oxygen atoms in total. The van der Waals surface area contributed by atoms with Gasteiger partial charge in [0.1, 0.15) is 5.03 Å². The van der Waals surface area contributed by atoms with Crippen LogP contribution in [0.25, 0.3) is 0 Å². The van der Waals surface area contributed by atoms with E-state index >= 15 is 0 Å². The second-order valence-corrected chi connectivity index (χ2v) is 5.20. The number of hydrogen-bond donors (Lipinski definition) is 1. The molecule has 2 aromatic rings.